The average Bonchev–Trinajstić information content (AvgIpc) is 2.81. The summed E-state index contributed by atoms with van der Waals surface area (Å²) in [4.78, 5) is 6.79. The van der Waals surface area contributed by atoms with Crippen LogP contribution in [0, 0.1) is 11.6 Å². The molecule has 1 saturated heterocycles. The second-order valence-electron chi connectivity index (χ2n) is 7.96. The minimum atomic E-state index is -0.816. The molecular formula is C24H33F2IN4O2. The molecule has 6 nitrogen and oxygen atoms in total. The lowest BCUT2D eigenvalue weighted by Gasteiger charge is -2.33. The molecule has 0 amide bonds. The molecule has 9 heteroatoms. The molecule has 2 aromatic carbocycles. The lowest BCUT2D eigenvalue weighted by Crippen LogP contribution is -2.48. The molecule has 0 spiro atoms. The lowest BCUT2D eigenvalue weighted by molar-refractivity contribution is 0.186. The van der Waals surface area contributed by atoms with E-state index in [1.165, 1.54) is 12.1 Å². The molecular weight excluding hydrogens is 541 g/mol. The van der Waals surface area contributed by atoms with E-state index in [-0.39, 0.29) is 36.6 Å². The van der Waals surface area contributed by atoms with Crippen LogP contribution in [-0.4, -0.2) is 55.3 Å². The SMILES string of the molecule is CCNC(=NCC(O)c1cccc(OC)c1)NC1CCN(Cc2ccc(F)c(F)c2)CC1.I. The van der Waals surface area contributed by atoms with Crippen LogP contribution in [0.15, 0.2) is 47.5 Å². The zero-order chi connectivity index (χ0) is 22.9. The molecule has 0 radical (unpaired) electrons. The number of hydrogen-bond acceptors (Lipinski definition) is 4. The molecule has 1 fully saturated rings. The first-order valence-electron chi connectivity index (χ1n) is 11.0. The van der Waals surface area contributed by atoms with E-state index < -0.39 is 17.7 Å². The number of aliphatic hydroxyl groups excluding tert-OH is 1. The van der Waals surface area contributed by atoms with Crippen molar-refractivity contribution in [1.82, 2.24) is 15.5 Å². The van der Waals surface area contributed by atoms with Crippen molar-refractivity contribution in [3.05, 3.63) is 65.2 Å². The van der Waals surface area contributed by atoms with Crippen LogP contribution in [0.5, 0.6) is 5.75 Å². The van der Waals surface area contributed by atoms with Gasteiger partial charge < -0.3 is 20.5 Å². The first-order chi connectivity index (χ1) is 15.5. The Morgan fingerprint density at radius 3 is 2.61 bits per heavy atom. The molecule has 1 aliphatic rings. The van der Waals surface area contributed by atoms with E-state index in [0.29, 0.717) is 18.3 Å². The molecule has 3 rings (SSSR count). The highest BCUT2D eigenvalue weighted by molar-refractivity contribution is 14.0. The van der Waals surface area contributed by atoms with Crippen LogP contribution in [0.4, 0.5) is 8.78 Å². The number of aliphatic imine (C=N–C) groups is 1. The molecule has 0 bridgehead atoms. The van der Waals surface area contributed by atoms with Crippen LogP contribution in [0.1, 0.15) is 37.0 Å². The Kier molecular flexibility index (Phi) is 11.3. The number of halogens is 3. The summed E-state index contributed by atoms with van der Waals surface area (Å²) >= 11 is 0. The number of hydrogen-bond donors (Lipinski definition) is 3. The van der Waals surface area contributed by atoms with Gasteiger partial charge in [-0.1, -0.05) is 18.2 Å². The lowest BCUT2D eigenvalue weighted by atomic mass is 10.0. The van der Waals surface area contributed by atoms with Gasteiger partial charge in [-0.2, -0.15) is 0 Å². The van der Waals surface area contributed by atoms with Crippen LogP contribution < -0.4 is 15.4 Å². The fourth-order valence-corrected chi connectivity index (χ4v) is 3.78. The Balaban J connectivity index is 0.00000385. The first-order valence-corrected chi connectivity index (χ1v) is 11.0. The van der Waals surface area contributed by atoms with E-state index in [1.54, 1.807) is 13.2 Å². The second kappa shape index (κ2) is 13.7. The number of nitrogens with one attached hydrogen (secondary N) is 2. The smallest absolute Gasteiger partial charge is 0.191 e. The molecule has 1 atom stereocenters. The van der Waals surface area contributed by atoms with Crippen LogP contribution in [-0.2, 0) is 6.54 Å². The Morgan fingerprint density at radius 2 is 1.94 bits per heavy atom. The van der Waals surface area contributed by atoms with Crippen LogP contribution in [0.2, 0.25) is 0 Å². The molecule has 1 aliphatic heterocycles. The van der Waals surface area contributed by atoms with E-state index in [0.717, 1.165) is 43.6 Å². The number of nitrogens with zero attached hydrogens (tertiary/aromatic N) is 2. The number of ether oxygens (including phenoxy) is 1. The van der Waals surface area contributed by atoms with Gasteiger partial charge in [-0.05, 0) is 55.2 Å². The van der Waals surface area contributed by atoms with Crippen LogP contribution in [0.3, 0.4) is 0 Å². The van der Waals surface area contributed by atoms with E-state index >= 15 is 0 Å². The normalized spacial score (nSPS) is 16.1. The maximum Gasteiger partial charge on any atom is 0.191 e. The fourth-order valence-electron chi connectivity index (χ4n) is 3.78. The summed E-state index contributed by atoms with van der Waals surface area (Å²) in [6.07, 6.45) is 1.09. The van der Waals surface area contributed by atoms with Gasteiger partial charge in [0.15, 0.2) is 17.6 Å². The summed E-state index contributed by atoms with van der Waals surface area (Å²) in [5, 5.41) is 17.2. The maximum absolute atomic E-state index is 13.4. The minimum absolute atomic E-state index is 0. The highest BCUT2D eigenvalue weighted by Crippen LogP contribution is 2.19. The topological polar surface area (TPSA) is 69.1 Å². The molecule has 0 aliphatic carbocycles. The fraction of sp³-hybridized carbons (Fsp3) is 0.458. The third-order valence-corrected chi connectivity index (χ3v) is 5.56. The zero-order valence-corrected chi connectivity index (χ0v) is 21.4. The molecule has 0 aromatic heterocycles. The molecule has 1 heterocycles. The van der Waals surface area contributed by atoms with Gasteiger partial charge in [0.05, 0.1) is 19.8 Å². The summed E-state index contributed by atoms with van der Waals surface area (Å²) in [7, 11) is 1.60. The quantitative estimate of drug-likeness (QED) is 0.254. The van der Waals surface area contributed by atoms with E-state index in [9.17, 15) is 13.9 Å². The predicted octanol–water partition coefficient (Wildman–Crippen LogP) is 3.84. The Morgan fingerprint density at radius 1 is 1.18 bits per heavy atom. The highest BCUT2D eigenvalue weighted by Gasteiger charge is 2.20. The third-order valence-electron chi connectivity index (χ3n) is 5.56. The second-order valence-corrected chi connectivity index (χ2v) is 7.96. The number of likely N-dealkylation sites (tertiary alicyclic amines) is 1. The van der Waals surface area contributed by atoms with Gasteiger partial charge in [0, 0.05) is 32.2 Å². The number of guanidine groups is 1. The number of methoxy groups -OCH3 is 1. The van der Waals surface area contributed by atoms with Gasteiger partial charge in [0.2, 0.25) is 0 Å². The average molecular weight is 574 g/mol. The van der Waals surface area contributed by atoms with Gasteiger partial charge in [-0.3, -0.25) is 9.89 Å². The number of piperidine rings is 1. The monoisotopic (exact) mass is 574 g/mol. The van der Waals surface area contributed by atoms with Gasteiger partial charge in [0.25, 0.3) is 0 Å². The van der Waals surface area contributed by atoms with Crippen molar-refractivity contribution in [3.8, 4) is 5.75 Å². The summed E-state index contributed by atoms with van der Waals surface area (Å²) in [5.74, 6) is -0.246. The van der Waals surface area contributed by atoms with Crippen LogP contribution in [0.25, 0.3) is 0 Å². The van der Waals surface area contributed by atoms with Crippen LogP contribution >= 0.6 is 24.0 Å². The maximum atomic E-state index is 13.4. The van der Waals surface area contributed by atoms with E-state index in [4.69, 9.17) is 4.74 Å². The highest BCUT2D eigenvalue weighted by atomic mass is 127. The van der Waals surface area contributed by atoms with Crippen molar-refractivity contribution in [3.63, 3.8) is 0 Å². The molecule has 1 unspecified atom stereocenters. The number of rotatable bonds is 8. The van der Waals surface area contributed by atoms with Gasteiger partial charge in [-0.15, -0.1) is 24.0 Å². The third kappa shape index (κ3) is 8.38. The summed E-state index contributed by atoms with van der Waals surface area (Å²) in [5.41, 5.74) is 1.53. The standard InChI is InChI=1S/C24H32F2N4O2.HI/c1-3-27-24(28-15-23(31)18-5-4-6-20(14-18)32-2)29-19-9-11-30(12-10-19)16-17-7-8-21(25)22(26)13-17;/h4-8,13-14,19,23,31H,3,9-12,15-16H2,1-2H3,(H2,27,28,29);1H. The van der Waals surface area contributed by atoms with Crippen molar-refractivity contribution in [2.24, 2.45) is 4.99 Å². The Hall–Kier alpha value is -1.98. The predicted molar refractivity (Wildman–Crippen MR) is 137 cm³/mol. The summed E-state index contributed by atoms with van der Waals surface area (Å²) in [6, 6.07) is 11.7. The van der Waals surface area contributed by atoms with Crippen molar-refractivity contribution >= 4 is 29.9 Å². The molecule has 33 heavy (non-hydrogen) atoms. The first kappa shape index (κ1) is 27.3. The largest absolute Gasteiger partial charge is 0.497 e. The Bertz CT molecular complexity index is 908. The van der Waals surface area contributed by atoms with Crippen molar-refractivity contribution < 1.29 is 18.6 Å². The Labute approximate surface area is 211 Å². The van der Waals surface area contributed by atoms with E-state index in [2.05, 4.69) is 20.5 Å². The number of benzene rings is 2. The van der Waals surface area contributed by atoms with Crippen molar-refractivity contribution in [1.29, 1.82) is 0 Å². The van der Waals surface area contributed by atoms with E-state index in [1.807, 2.05) is 31.2 Å². The molecule has 0 saturated carbocycles. The molecule has 3 N–H and O–H groups in total. The molecule has 2 aromatic rings. The van der Waals surface area contributed by atoms with Crippen molar-refractivity contribution in [2.45, 2.75) is 38.5 Å². The van der Waals surface area contributed by atoms with Crippen molar-refractivity contribution in [2.75, 3.05) is 33.3 Å². The minimum Gasteiger partial charge on any atom is -0.497 e. The zero-order valence-electron chi connectivity index (χ0n) is 19.1. The van der Waals surface area contributed by atoms with Gasteiger partial charge in [0.1, 0.15) is 5.75 Å². The van der Waals surface area contributed by atoms with Gasteiger partial charge in [-0.25, -0.2) is 8.78 Å². The van der Waals surface area contributed by atoms with Gasteiger partial charge >= 0.3 is 0 Å². The number of aliphatic hydroxyl groups is 1. The molecule has 182 valence electrons. The summed E-state index contributed by atoms with van der Waals surface area (Å²) in [6.45, 7) is 5.25. The summed E-state index contributed by atoms with van der Waals surface area (Å²) < 4.78 is 31.8.